The first-order chi connectivity index (χ1) is 9.36. The highest BCUT2D eigenvalue weighted by Gasteiger charge is 2.32. The molecular formula is C16H23NOS. The third kappa shape index (κ3) is 3.09. The van der Waals surface area contributed by atoms with Gasteiger partial charge in [0.1, 0.15) is 11.9 Å². The molecule has 0 spiro atoms. The Bertz CT molecular complexity index is 398. The predicted molar refractivity (Wildman–Crippen MR) is 82.1 cm³/mol. The molecule has 3 rings (SSSR count). The Hall–Kier alpha value is -0.670. The van der Waals surface area contributed by atoms with Crippen LogP contribution in [0.1, 0.15) is 25.3 Å². The number of benzene rings is 1. The van der Waals surface area contributed by atoms with Gasteiger partial charge in [-0.1, -0.05) is 25.1 Å². The van der Waals surface area contributed by atoms with E-state index in [2.05, 4.69) is 48.3 Å². The molecule has 2 nitrogen and oxygen atoms in total. The molecule has 2 aliphatic rings. The molecule has 0 bridgehead atoms. The first kappa shape index (κ1) is 13.3. The lowest BCUT2D eigenvalue weighted by atomic mass is 9.94. The maximum absolute atomic E-state index is 6.08. The molecule has 3 unspecified atom stereocenters. The van der Waals surface area contributed by atoms with Crippen LogP contribution in [0.2, 0.25) is 0 Å². The quantitative estimate of drug-likeness (QED) is 0.893. The molecule has 3 atom stereocenters. The van der Waals surface area contributed by atoms with Crippen LogP contribution in [0.5, 0.6) is 5.75 Å². The van der Waals surface area contributed by atoms with Crippen molar-refractivity contribution in [3.05, 3.63) is 29.8 Å². The molecule has 0 aromatic heterocycles. The normalized spacial score (nSPS) is 29.2. The lowest BCUT2D eigenvalue weighted by Gasteiger charge is -2.22. The van der Waals surface area contributed by atoms with Crippen LogP contribution in [-0.2, 0) is 6.42 Å². The average molecular weight is 277 g/mol. The van der Waals surface area contributed by atoms with Crippen molar-refractivity contribution in [2.45, 2.75) is 38.3 Å². The van der Waals surface area contributed by atoms with Gasteiger partial charge in [0.05, 0.1) is 0 Å². The summed E-state index contributed by atoms with van der Waals surface area (Å²) in [6, 6.07) is 9.17. The zero-order valence-electron chi connectivity index (χ0n) is 11.6. The van der Waals surface area contributed by atoms with Gasteiger partial charge < -0.3 is 10.1 Å². The molecule has 1 aromatic carbocycles. The van der Waals surface area contributed by atoms with Gasteiger partial charge in [0, 0.05) is 18.2 Å². The van der Waals surface area contributed by atoms with Crippen LogP contribution >= 0.6 is 11.8 Å². The molecule has 19 heavy (non-hydrogen) atoms. The van der Waals surface area contributed by atoms with Gasteiger partial charge in [0.15, 0.2) is 0 Å². The van der Waals surface area contributed by atoms with Gasteiger partial charge in [0.2, 0.25) is 0 Å². The molecule has 0 aliphatic carbocycles. The monoisotopic (exact) mass is 277 g/mol. The molecule has 0 amide bonds. The SMILES string of the molecule is CCCNC1CSCC1CC1Cc2ccccc2O1. The van der Waals surface area contributed by atoms with E-state index in [0.29, 0.717) is 12.1 Å². The fraction of sp³-hybridized carbons (Fsp3) is 0.625. The van der Waals surface area contributed by atoms with Crippen molar-refractivity contribution in [2.24, 2.45) is 5.92 Å². The van der Waals surface area contributed by atoms with Crippen LogP contribution in [0, 0.1) is 5.92 Å². The summed E-state index contributed by atoms with van der Waals surface area (Å²) in [6.45, 7) is 3.38. The fourth-order valence-electron chi connectivity index (χ4n) is 3.11. The van der Waals surface area contributed by atoms with Crippen LogP contribution in [0.15, 0.2) is 24.3 Å². The van der Waals surface area contributed by atoms with Crippen LogP contribution < -0.4 is 10.1 Å². The van der Waals surface area contributed by atoms with Crippen molar-refractivity contribution in [3.8, 4) is 5.75 Å². The Balaban J connectivity index is 1.55. The highest BCUT2D eigenvalue weighted by atomic mass is 32.2. The largest absolute Gasteiger partial charge is 0.490 e. The van der Waals surface area contributed by atoms with Crippen LogP contribution in [-0.4, -0.2) is 30.2 Å². The number of ether oxygens (including phenoxy) is 1. The summed E-state index contributed by atoms with van der Waals surface area (Å²) >= 11 is 2.09. The molecule has 1 N–H and O–H groups in total. The summed E-state index contributed by atoms with van der Waals surface area (Å²) < 4.78 is 6.08. The van der Waals surface area contributed by atoms with E-state index in [4.69, 9.17) is 4.74 Å². The van der Waals surface area contributed by atoms with Crippen molar-refractivity contribution >= 4 is 11.8 Å². The van der Waals surface area contributed by atoms with E-state index >= 15 is 0 Å². The topological polar surface area (TPSA) is 21.3 Å². The highest BCUT2D eigenvalue weighted by Crippen LogP contribution is 2.34. The molecule has 1 aromatic rings. The second-order valence-corrected chi connectivity index (χ2v) is 6.72. The van der Waals surface area contributed by atoms with E-state index in [9.17, 15) is 0 Å². The number of thioether (sulfide) groups is 1. The summed E-state index contributed by atoms with van der Waals surface area (Å²) in [6.07, 6.45) is 3.91. The Kier molecular flexibility index (Phi) is 4.34. The molecule has 2 heterocycles. The first-order valence-electron chi connectivity index (χ1n) is 7.42. The lowest BCUT2D eigenvalue weighted by molar-refractivity contribution is 0.189. The zero-order valence-corrected chi connectivity index (χ0v) is 12.4. The second kappa shape index (κ2) is 6.19. The van der Waals surface area contributed by atoms with Gasteiger partial charge in [-0.25, -0.2) is 0 Å². The van der Waals surface area contributed by atoms with E-state index in [1.165, 1.54) is 29.9 Å². The first-order valence-corrected chi connectivity index (χ1v) is 8.58. The molecule has 1 saturated heterocycles. The summed E-state index contributed by atoms with van der Waals surface area (Å²) in [4.78, 5) is 0. The maximum atomic E-state index is 6.08. The molecular weight excluding hydrogens is 254 g/mol. The van der Waals surface area contributed by atoms with E-state index in [0.717, 1.165) is 24.6 Å². The summed E-state index contributed by atoms with van der Waals surface area (Å²) in [5, 5.41) is 3.70. The predicted octanol–water partition coefficient (Wildman–Crippen LogP) is 3.11. The van der Waals surface area contributed by atoms with E-state index in [-0.39, 0.29) is 0 Å². The maximum Gasteiger partial charge on any atom is 0.123 e. The van der Waals surface area contributed by atoms with Crippen molar-refractivity contribution in [3.63, 3.8) is 0 Å². The number of fused-ring (bicyclic) bond motifs is 1. The van der Waals surface area contributed by atoms with Crippen LogP contribution in [0.3, 0.4) is 0 Å². The minimum absolute atomic E-state index is 0.395. The molecule has 0 radical (unpaired) electrons. The third-order valence-electron chi connectivity index (χ3n) is 4.13. The van der Waals surface area contributed by atoms with Gasteiger partial charge in [-0.05, 0) is 42.7 Å². The zero-order chi connectivity index (χ0) is 13.1. The Morgan fingerprint density at radius 2 is 2.21 bits per heavy atom. The van der Waals surface area contributed by atoms with Gasteiger partial charge in [-0.2, -0.15) is 11.8 Å². The summed E-state index contributed by atoms with van der Waals surface area (Å²) in [5.74, 6) is 4.44. The smallest absolute Gasteiger partial charge is 0.123 e. The number of rotatable bonds is 5. The minimum atomic E-state index is 0.395. The van der Waals surface area contributed by atoms with Gasteiger partial charge in [0.25, 0.3) is 0 Å². The molecule has 2 aliphatic heterocycles. The summed E-state index contributed by atoms with van der Waals surface area (Å²) in [5.41, 5.74) is 1.39. The number of hydrogen-bond donors (Lipinski definition) is 1. The van der Waals surface area contributed by atoms with Crippen molar-refractivity contribution in [1.82, 2.24) is 5.32 Å². The Morgan fingerprint density at radius 3 is 3.05 bits per heavy atom. The minimum Gasteiger partial charge on any atom is -0.490 e. The van der Waals surface area contributed by atoms with E-state index in [1.54, 1.807) is 0 Å². The summed E-state index contributed by atoms with van der Waals surface area (Å²) in [7, 11) is 0. The van der Waals surface area contributed by atoms with Gasteiger partial charge in [-0.15, -0.1) is 0 Å². The third-order valence-corrected chi connectivity index (χ3v) is 5.39. The number of nitrogens with one attached hydrogen (secondary N) is 1. The molecule has 0 saturated carbocycles. The van der Waals surface area contributed by atoms with Crippen molar-refractivity contribution < 1.29 is 4.74 Å². The van der Waals surface area contributed by atoms with E-state index < -0.39 is 0 Å². The van der Waals surface area contributed by atoms with Crippen LogP contribution in [0.4, 0.5) is 0 Å². The van der Waals surface area contributed by atoms with Crippen molar-refractivity contribution in [2.75, 3.05) is 18.1 Å². The standard InChI is InChI=1S/C16H23NOS/c1-2-7-17-15-11-19-10-13(15)9-14-8-12-5-3-4-6-16(12)18-14/h3-6,13-15,17H,2,7-11H2,1H3. The number of hydrogen-bond acceptors (Lipinski definition) is 3. The molecule has 1 fully saturated rings. The highest BCUT2D eigenvalue weighted by molar-refractivity contribution is 7.99. The average Bonchev–Trinajstić information content (AvgIpc) is 3.02. The van der Waals surface area contributed by atoms with Crippen molar-refractivity contribution in [1.29, 1.82) is 0 Å². The molecule has 3 heteroatoms. The Labute approximate surface area is 120 Å². The Morgan fingerprint density at radius 1 is 1.32 bits per heavy atom. The van der Waals surface area contributed by atoms with Gasteiger partial charge in [-0.3, -0.25) is 0 Å². The second-order valence-electron chi connectivity index (χ2n) is 5.65. The van der Waals surface area contributed by atoms with Gasteiger partial charge >= 0.3 is 0 Å². The fourth-order valence-corrected chi connectivity index (χ4v) is 4.56. The lowest BCUT2D eigenvalue weighted by Crippen LogP contribution is -2.37. The number of para-hydroxylation sites is 1. The van der Waals surface area contributed by atoms with Crippen LogP contribution in [0.25, 0.3) is 0 Å². The van der Waals surface area contributed by atoms with E-state index in [1.807, 2.05) is 0 Å². The molecule has 104 valence electrons.